The summed E-state index contributed by atoms with van der Waals surface area (Å²) in [7, 11) is 0. The normalized spacial score (nSPS) is 21.1. The summed E-state index contributed by atoms with van der Waals surface area (Å²) >= 11 is 0. The summed E-state index contributed by atoms with van der Waals surface area (Å²) in [6.45, 7) is 6.01. The lowest BCUT2D eigenvalue weighted by Crippen LogP contribution is -2.42. The van der Waals surface area contributed by atoms with Crippen LogP contribution in [-0.2, 0) is 4.79 Å². The highest BCUT2D eigenvalue weighted by Gasteiger charge is 2.46. The molecule has 1 aromatic carbocycles. The molecule has 1 saturated heterocycles. The fourth-order valence-electron chi connectivity index (χ4n) is 2.08. The van der Waals surface area contributed by atoms with Crippen molar-refractivity contribution in [3.8, 4) is 11.5 Å². The second-order valence-corrected chi connectivity index (χ2v) is 5.55. The molecule has 0 aromatic heterocycles. The Labute approximate surface area is 134 Å². The van der Waals surface area contributed by atoms with Crippen molar-refractivity contribution in [2.75, 3.05) is 6.61 Å². The van der Waals surface area contributed by atoms with Gasteiger partial charge >= 0.3 is 6.03 Å². The minimum absolute atomic E-state index is 0.0346. The van der Waals surface area contributed by atoms with Crippen LogP contribution < -0.4 is 10.1 Å². The number of hydrogen-bond donors (Lipinski definition) is 2. The van der Waals surface area contributed by atoms with Crippen LogP contribution in [0.5, 0.6) is 11.5 Å². The van der Waals surface area contributed by atoms with Crippen LogP contribution >= 0.6 is 0 Å². The number of urea groups is 1. The van der Waals surface area contributed by atoms with Gasteiger partial charge in [-0.15, -0.1) is 5.01 Å². The monoisotopic (exact) mass is 319 g/mol. The Bertz CT molecular complexity index is 644. The van der Waals surface area contributed by atoms with E-state index in [1.807, 2.05) is 13.8 Å². The number of amides is 3. The Morgan fingerprint density at radius 1 is 1.39 bits per heavy atom. The van der Waals surface area contributed by atoms with Crippen molar-refractivity contribution in [2.24, 2.45) is 5.10 Å². The van der Waals surface area contributed by atoms with Crippen LogP contribution in [-0.4, -0.2) is 40.4 Å². The van der Waals surface area contributed by atoms with E-state index in [0.29, 0.717) is 24.3 Å². The third-order valence-electron chi connectivity index (χ3n) is 3.73. The number of nitrogens with zero attached hydrogens (tertiary/aromatic N) is 2. The average Bonchev–Trinajstić information content (AvgIpc) is 2.75. The van der Waals surface area contributed by atoms with E-state index in [1.54, 1.807) is 19.1 Å². The van der Waals surface area contributed by atoms with Crippen molar-refractivity contribution >= 4 is 18.2 Å². The zero-order valence-electron chi connectivity index (χ0n) is 13.5. The maximum Gasteiger partial charge on any atom is 0.346 e. The maximum atomic E-state index is 12.2. The van der Waals surface area contributed by atoms with Gasteiger partial charge in [-0.05, 0) is 31.9 Å². The van der Waals surface area contributed by atoms with Gasteiger partial charge in [-0.25, -0.2) is 4.79 Å². The number of hydrogen-bond acceptors (Lipinski definition) is 5. The molecule has 1 heterocycles. The topological polar surface area (TPSA) is 91.2 Å². The molecule has 1 atom stereocenters. The average molecular weight is 319 g/mol. The van der Waals surface area contributed by atoms with E-state index in [1.165, 1.54) is 12.3 Å². The lowest BCUT2D eigenvalue weighted by atomic mass is 10.00. The van der Waals surface area contributed by atoms with Crippen LogP contribution in [0.25, 0.3) is 0 Å². The zero-order chi connectivity index (χ0) is 17.0. The second-order valence-electron chi connectivity index (χ2n) is 5.55. The predicted molar refractivity (Wildman–Crippen MR) is 85.6 cm³/mol. The van der Waals surface area contributed by atoms with E-state index >= 15 is 0 Å². The highest BCUT2D eigenvalue weighted by molar-refractivity contribution is 6.07. The number of imide groups is 1. The predicted octanol–water partition coefficient (Wildman–Crippen LogP) is 2.24. The molecule has 2 rings (SSSR count). The molecular formula is C16H21N3O4. The first-order chi connectivity index (χ1) is 10.9. The number of carbonyl (C=O) groups excluding carboxylic acids is 2. The fraction of sp³-hybridized carbons (Fsp3) is 0.438. The number of ether oxygens (including phenoxy) is 1. The lowest BCUT2D eigenvalue weighted by Gasteiger charge is -2.17. The summed E-state index contributed by atoms with van der Waals surface area (Å²) in [5.41, 5.74) is -0.548. The third kappa shape index (κ3) is 3.44. The molecule has 2 N–H and O–H groups in total. The summed E-state index contributed by atoms with van der Waals surface area (Å²) in [5.74, 6) is 0.103. The number of phenols is 1. The molecule has 7 nitrogen and oxygen atoms in total. The lowest BCUT2D eigenvalue weighted by molar-refractivity contribution is -0.130. The van der Waals surface area contributed by atoms with E-state index in [2.05, 4.69) is 10.4 Å². The van der Waals surface area contributed by atoms with Crippen molar-refractivity contribution < 1.29 is 19.4 Å². The second kappa shape index (κ2) is 6.68. The van der Waals surface area contributed by atoms with Crippen LogP contribution in [0.3, 0.4) is 0 Å². The summed E-state index contributed by atoms with van der Waals surface area (Å²) in [5, 5.41) is 17.3. The van der Waals surface area contributed by atoms with Crippen molar-refractivity contribution in [3.63, 3.8) is 0 Å². The number of hydrazone groups is 1. The molecule has 0 spiro atoms. The highest BCUT2D eigenvalue weighted by Crippen LogP contribution is 2.24. The number of carbonyl (C=O) groups is 2. The zero-order valence-corrected chi connectivity index (χ0v) is 13.5. The van der Waals surface area contributed by atoms with Gasteiger partial charge in [0, 0.05) is 11.6 Å². The molecule has 0 bridgehead atoms. The first-order valence-electron chi connectivity index (χ1n) is 7.57. The first kappa shape index (κ1) is 16.8. The van der Waals surface area contributed by atoms with Gasteiger partial charge in [0.15, 0.2) is 0 Å². The van der Waals surface area contributed by atoms with Gasteiger partial charge in [0.2, 0.25) is 0 Å². The summed E-state index contributed by atoms with van der Waals surface area (Å²) in [6.07, 6.45) is 2.61. The minimum atomic E-state index is -0.936. The number of phenolic OH excluding ortho intramolecular Hbond substituents is 1. The Kier molecular flexibility index (Phi) is 4.88. The van der Waals surface area contributed by atoms with E-state index in [0.717, 1.165) is 11.4 Å². The van der Waals surface area contributed by atoms with Gasteiger partial charge in [-0.1, -0.05) is 13.8 Å². The Morgan fingerprint density at radius 3 is 2.70 bits per heavy atom. The summed E-state index contributed by atoms with van der Waals surface area (Å²) in [4.78, 5) is 24.0. The molecule has 1 aliphatic rings. The van der Waals surface area contributed by atoms with Gasteiger partial charge in [-0.2, -0.15) is 5.10 Å². The molecule has 124 valence electrons. The third-order valence-corrected chi connectivity index (χ3v) is 3.73. The van der Waals surface area contributed by atoms with Crippen LogP contribution in [0.1, 0.15) is 39.2 Å². The molecule has 1 aromatic rings. The molecule has 1 fully saturated rings. The van der Waals surface area contributed by atoms with Gasteiger partial charge in [0.05, 0.1) is 12.8 Å². The SMILES string of the molecule is CCCOc1ccc(/C=N/N2C(=O)N[C@](C)(CC)C2=O)c(O)c1. The number of rotatable bonds is 6. The Balaban J connectivity index is 2.14. The van der Waals surface area contributed by atoms with Gasteiger partial charge in [-0.3, -0.25) is 4.79 Å². The molecule has 23 heavy (non-hydrogen) atoms. The van der Waals surface area contributed by atoms with Crippen molar-refractivity contribution in [2.45, 2.75) is 39.2 Å². The molecule has 0 unspecified atom stereocenters. The summed E-state index contributed by atoms with van der Waals surface area (Å²) < 4.78 is 5.41. The van der Waals surface area contributed by atoms with E-state index in [-0.39, 0.29) is 5.75 Å². The van der Waals surface area contributed by atoms with E-state index < -0.39 is 17.5 Å². The first-order valence-corrected chi connectivity index (χ1v) is 7.57. The Morgan fingerprint density at radius 2 is 2.13 bits per heavy atom. The molecule has 3 amide bonds. The van der Waals surface area contributed by atoms with Gasteiger partial charge in [0.1, 0.15) is 17.0 Å². The molecule has 1 aliphatic heterocycles. The van der Waals surface area contributed by atoms with Crippen LogP contribution in [0.4, 0.5) is 4.79 Å². The number of aromatic hydroxyl groups is 1. The number of benzene rings is 1. The van der Waals surface area contributed by atoms with Crippen molar-refractivity contribution in [3.05, 3.63) is 23.8 Å². The smallest absolute Gasteiger partial charge is 0.346 e. The largest absolute Gasteiger partial charge is 0.507 e. The van der Waals surface area contributed by atoms with E-state index in [9.17, 15) is 14.7 Å². The van der Waals surface area contributed by atoms with Gasteiger partial charge < -0.3 is 15.2 Å². The standard InChI is InChI=1S/C16H21N3O4/c1-4-8-23-12-7-6-11(13(20)9-12)10-17-19-14(21)16(3,5-2)18-15(19)22/h6-7,9-10,20H,4-5,8H2,1-3H3,(H,18,22)/b17-10+/t16-/m1/s1. The quantitative estimate of drug-likeness (QED) is 0.621. The molecular weight excluding hydrogens is 298 g/mol. The van der Waals surface area contributed by atoms with Crippen molar-refractivity contribution in [1.82, 2.24) is 10.3 Å². The molecule has 0 aliphatic carbocycles. The van der Waals surface area contributed by atoms with Gasteiger partial charge in [0.25, 0.3) is 5.91 Å². The fourth-order valence-corrected chi connectivity index (χ4v) is 2.08. The number of nitrogens with one attached hydrogen (secondary N) is 1. The van der Waals surface area contributed by atoms with Crippen molar-refractivity contribution in [1.29, 1.82) is 0 Å². The van der Waals surface area contributed by atoms with Crippen LogP contribution in [0.2, 0.25) is 0 Å². The maximum absolute atomic E-state index is 12.2. The summed E-state index contributed by atoms with van der Waals surface area (Å²) in [6, 6.07) is 4.21. The highest BCUT2D eigenvalue weighted by atomic mass is 16.5. The molecule has 7 heteroatoms. The van der Waals surface area contributed by atoms with Crippen LogP contribution in [0.15, 0.2) is 23.3 Å². The van der Waals surface area contributed by atoms with Crippen LogP contribution in [0, 0.1) is 0 Å². The molecule has 0 saturated carbocycles. The Hall–Kier alpha value is -2.57. The minimum Gasteiger partial charge on any atom is -0.507 e. The molecule has 0 radical (unpaired) electrons. The van der Waals surface area contributed by atoms with E-state index in [4.69, 9.17) is 4.74 Å².